The fraction of sp³-hybridized carbons (Fsp3) is 0.0833. The van der Waals surface area contributed by atoms with Gasteiger partial charge >= 0.3 is 0 Å². The summed E-state index contributed by atoms with van der Waals surface area (Å²) in [5.74, 6) is -1.30. The lowest BCUT2D eigenvalue weighted by molar-refractivity contribution is -0.124. The minimum Gasteiger partial charge on any atom is -0.326 e. The van der Waals surface area contributed by atoms with Crippen LogP contribution in [0.4, 0.5) is 11.4 Å². The second kappa shape index (κ2) is 10.3. The molecule has 34 heavy (non-hydrogen) atoms. The summed E-state index contributed by atoms with van der Waals surface area (Å²) in [6.45, 7) is 0. The molecule has 3 aromatic rings. The zero-order chi connectivity index (χ0) is 24.2. The van der Waals surface area contributed by atoms with Crippen molar-refractivity contribution < 1.29 is 14.4 Å². The lowest BCUT2D eigenvalue weighted by Crippen LogP contribution is -2.49. The molecule has 10 heteroatoms. The fourth-order valence-electron chi connectivity index (χ4n) is 3.44. The Bertz CT molecular complexity index is 1260. The number of nitrogens with zero attached hydrogens (tertiary/aromatic N) is 2. The number of rotatable bonds is 6. The lowest BCUT2D eigenvalue weighted by Gasteiger charge is -2.24. The predicted octanol–water partition coefficient (Wildman–Crippen LogP) is 4.78. The van der Waals surface area contributed by atoms with Gasteiger partial charge in [-0.25, -0.2) is 5.01 Å². The molecule has 3 aromatic carbocycles. The number of nitrogens with one attached hydrogen (secondary N) is 2. The molecule has 0 bridgehead atoms. The summed E-state index contributed by atoms with van der Waals surface area (Å²) in [6, 6.07) is 21.1. The highest BCUT2D eigenvalue weighted by Crippen LogP contribution is 2.28. The summed E-state index contributed by atoms with van der Waals surface area (Å²) in [4.78, 5) is 40.3. The third-order valence-electron chi connectivity index (χ3n) is 5.04. The monoisotopic (exact) mass is 556 g/mol. The van der Waals surface area contributed by atoms with E-state index in [0.717, 1.165) is 4.47 Å². The van der Waals surface area contributed by atoms with Gasteiger partial charge in [0.1, 0.15) is 6.04 Å². The second-order valence-corrected chi connectivity index (χ2v) is 9.11. The Morgan fingerprint density at radius 3 is 2.38 bits per heavy atom. The van der Waals surface area contributed by atoms with Crippen molar-refractivity contribution in [1.29, 1.82) is 0 Å². The summed E-state index contributed by atoms with van der Waals surface area (Å²) in [5.41, 5.74) is 4.13. The van der Waals surface area contributed by atoms with Gasteiger partial charge in [0, 0.05) is 20.7 Å². The van der Waals surface area contributed by atoms with E-state index >= 15 is 0 Å². The molecule has 1 aliphatic heterocycles. The SMILES string of the molecule is O=C(CC1C(=O)N(c2ccc(Cl)cc2)C(=S)N1NC(=O)c1ccccc1)Nc1cccc(Br)c1. The minimum atomic E-state index is -1.04. The predicted molar refractivity (Wildman–Crippen MR) is 138 cm³/mol. The van der Waals surface area contributed by atoms with E-state index in [4.69, 9.17) is 23.8 Å². The maximum atomic E-state index is 13.4. The zero-order valence-electron chi connectivity index (χ0n) is 17.6. The highest BCUT2D eigenvalue weighted by molar-refractivity contribution is 9.10. The number of amides is 3. The summed E-state index contributed by atoms with van der Waals surface area (Å²) < 4.78 is 0.800. The Labute approximate surface area is 214 Å². The van der Waals surface area contributed by atoms with Crippen molar-refractivity contribution in [1.82, 2.24) is 10.4 Å². The van der Waals surface area contributed by atoms with Gasteiger partial charge in [-0.3, -0.25) is 24.7 Å². The van der Waals surface area contributed by atoms with Gasteiger partial charge in [0.2, 0.25) is 11.0 Å². The van der Waals surface area contributed by atoms with Crippen LogP contribution in [-0.4, -0.2) is 33.9 Å². The first-order valence-corrected chi connectivity index (χ1v) is 11.8. The number of halogens is 2. The lowest BCUT2D eigenvalue weighted by atomic mass is 10.1. The van der Waals surface area contributed by atoms with E-state index in [9.17, 15) is 14.4 Å². The molecule has 0 spiro atoms. The van der Waals surface area contributed by atoms with E-state index in [1.807, 2.05) is 6.07 Å². The van der Waals surface area contributed by atoms with Gasteiger partial charge in [0.15, 0.2) is 0 Å². The van der Waals surface area contributed by atoms with E-state index in [-0.39, 0.29) is 11.5 Å². The molecule has 7 nitrogen and oxygen atoms in total. The van der Waals surface area contributed by atoms with Crippen LogP contribution in [0, 0.1) is 0 Å². The van der Waals surface area contributed by atoms with Crippen molar-refractivity contribution in [2.45, 2.75) is 12.5 Å². The molecule has 2 N–H and O–H groups in total. The molecule has 0 radical (unpaired) electrons. The van der Waals surface area contributed by atoms with E-state index in [0.29, 0.717) is 22.0 Å². The van der Waals surface area contributed by atoms with Gasteiger partial charge in [-0.15, -0.1) is 0 Å². The number of benzene rings is 3. The van der Waals surface area contributed by atoms with Crippen molar-refractivity contribution in [3.05, 3.63) is 93.9 Å². The van der Waals surface area contributed by atoms with Crippen LogP contribution >= 0.6 is 39.7 Å². The average Bonchev–Trinajstić information content (AvgIpc) is 3.04. The number of carbonyl (C=O) groups excluding carboxylic acids is 3. The topological polar surface area (TPSA) is 81.8 Å². The van der Waals surface area contributed by atoms with Crippen LogP contribution in [-0.2, 0) is 9.59 Å². The molecule has 3 amide bonds. The van der Waals surface area contributed by atoms with E-state index in [2.05, 4.69) is 26.7 Å². The largest absolute Gasteiger partial charge is 0.326 e. The van der Waals surface area contributed by atoms with E-state index < -0.39 is 23.8 Å². The van der Waals surface area contributed by atoms with Crippen molar-refractivity contribution in [2.24, 2.45) is 0 Å². The Kier molecular flexibility index (Phi) is 7.26. The maximum Gasteiger partial charge on any atom is 0.269 e. The van der Waals surface area contributed by atoms with Crippen molar-refractivity contribution >= 4 is 74.0 Å². The van der Waals surface area contributed by atoms with Crippen LogP contribution in [0.15, 0.2) is 83.3 Å². The quantitative estimate of drug-likeness (QED) is 0.427. The first-order valence-electron chi connectivity index (χ1n) is 10.2. The summed E-state index contributed by atoms with van der Waals surface area (Å²) in [7, 11) is 0. The number of carbonyl (C=O) groups is 3. The van der Waals surface area contributed by atoms with E-state index in [1.165, 1.54) is 9.91 Å². The highest BCUT2D eigenvalue weighted by Gasteiger charge is 2.45. The zero-order valence-corrected chi connectivity index (χ0v) is 20.7. The van der Waals surface area contributed by atoms with Crippen LogP contribution in [0.1, 0.15) is 16.8 Å². The third kappa shape index (κ3) is 5.27. The van der Waals surface area contributed by atoms with Crippen molar-refractivity contribution in [2.75, 3.05) is 10.2 Å². The highest BCUT2D eigenvalue weighted by atomic mass is 79.9. The summed E-state index contributed by atoms with van der Waals surface area (Å²) >= 11 is 14.9. The van der Waals surface area contributed by atoms with Crippen LogP contribution in [0.3, 0.4) is 0 Å². The van der Waals surface area contributed by atoms with Crippen molar-refractivity contribution in [3.63, 3.8) is 0 Å². The maximum absolute atomic E-state index is 13.4. The van der Waals surface area contributed by atoms with Gasteiger partial charge in [0.05, 0.1) is 12.1 Å². The molecule has 4 rings (SSSR count). The number of hydrogen-bond donors (Lipinski definition) is 2. The van der Waals surface area contributed by atoms with Crippen LogP contribution in [0.2, 0.25) is 5.02 Å². The van der Waals surface area contributed by atoms with Crippen LogP contribution < -0.4 is 15.6 Å². The molecule has 0 aromatic heterocycles. The Morgan fingerprint density at radius 1 is 1.00 bits per heavy atom. The van der Waals surface area contributed by atoms with Crippen molar-refractivity contribution in [3.8, 4) is 0 Å². The van der Waals surface area contributed by atoms with Crippen LogP contribution in [0.5, 0.6) is 0 Å². The van der Waals surface area contributed by atoms with E-state index in [1.54, 1.807) is 72.8 Å². The normalized spacial score (nSPS) is 15.4. The minimum absolute atomic E-state index is 0.0526. The number of hydrogen-bond acceptors (Lipinski definition) is 4. The average molecular weight is 558 g/mol. The Balaban J connectivity index is 1.60. The molecule has 172 valence electrons. The first kappa shape index (κ1) is 23.9. The molecule has 1 saturated heterocycles. The molecule has 0 aliphatic carbocycles. The smallest absolute Gasteiger partial charge is 0.269 e. The molecule has 0 saturated carbocycles. The van der Waals surface area contributed by atoms with Gasteiger partial charge in [0.25, 0.3) is 11.8 Å². The van der Waals surface area contributed by atoms with Gasteiger partial charge in [-0.05, 0) is 66.8 Å². The summed E-state index contributed by atoms with van der Waals surface area (Å²) in [6.07, 6.45) is -0.232. The summed E-state index contributed by atoms with van der Waals surface area (Å²) in [5, 5.41) is 4.59. The molecule has 1 atom stereocenters. The molecular weight excluding hydrogens is 540 g/mol. The molecule has 1 heterocycles. The second-order valence-electron chi connectivity index (χ2n) is 7.39. The number of hydrazine groups is 1. The first-order chi connectivity index (χ1) is 16.3. The fourth-order valence-corrected chi connectivity index (χ4v) is 4.34. The molecule has 1 unspecified atom stereocenters. The number of thiocarbonyl (C=S) groups is 1. The Hall–Kier alpha value is -3.27. The third-order valence-corrected chi connectivity index (χ3v) is 6.17. The molecule has 1 fully saturated rings. The number of anilines is 2. The van der Waals surface area contributed by atoms with Gasteiger partial charge in [-0.2, -0.15) is 0 Å². The van der Waals surface area contributed by atoms with Crippen LogP contribution in [0.25, 0.3) is 0 Å². The Morgan fingerprint density at radius 2 is 1.71 bits per heavy atom. The standard InChI is InChI=1S/C24H18BrClN4O3S/c25-16-7-4-8-18(13-16)27-21(31)14-20-23(33)29(19-11-9-17(26)10-12-19)24(34)30(20)28-22(32)15-5-2-1-3-6-15/h1-13,20H,14H2,(H,27,31)(H,28,32). The molecular formula is C24H18BrClN4O3S. The van der Waals surface area contributed by atoms with Gasteiger partial charge in [-0.1, -0.05) is 51.8 Å². The molecule has 1 aliphatic rings. The van der Waals surface area contributed by atoms with Gasteiger partial charge < -0.3 is 5.32 Å².